The van der Waals surface area contributed by atoms with Gasteiger partial charge in [-0.1, -0.05) is 18.2 Å². The molecular formula is C10H11NO2. The molecule has 68 valence electrons. The van der Waals surface area contributed by atoms with E-state index < -0.39 is 0 Å². The van der Waals surface area contributed by atoms with Crippen molar-refractivity contribution < 1.29 is 9.25 Å². The van der Waals surface area contributed by atoms with Gasteiger partial charge in [-0.05, 0) is 12.5 Å². The average Bonchev–Trinajstić information content (AvgIpc) is 2.50. The number of fused-ring (bicyclic) bond motifs is 1. The molecule has 3 heteroatoms. The van der Waals surface area contributed by atoms with E-state index in [4.69, 9.17) is 10.3 Å². The Hall–Kier alpha value is -1.32. The molecule has 0 spiro atoms. The fourth-order valence-corrected chi connectivity index (χ4v) is 1.45. The fourth-order valence-electron chi connectivity index (χ4n) is 1.45. The molecule has 1 aromatic heterocycles. The summed E-state index contributed by atoms with van der Waals surface area (Å²) in [5, 5.41) is 1.12. The first-order chi connectivity index (χ1) is 6.33. The highest BCUT2D eigenvalue weighted by atomic mass is 16.6. The van der Waals surface area contributed by atoms with Gasteiger partial charge in [0.05, 0.1) is 12.9 Å². The molecule has 1 aromatic carbocycles. The van der Waals surface area contributed by atoms with E-state index in [1.54, 1.807) is 6.26 Å². The maximum absolute atomic E-state index is 5.40. The van der Waals surface area contributed by atoms with Crippen LogP contribution in [0.3, 0.4) is 0 Å². The zero-order valence-corrected chi connectivity index (χ0v) is 7.41. The third-order valence-electron chi connectivity index (χ3n) is 2.11. The summed E-state index contributed by atoms with van der Waals surface area (Å²) in [6.07, 6.45) is 1.74. The molecule has 0 aliphatic rings. The minimum Gasteiger partial charge on any atom is -0.464 e. The normalized spacial score (nSPS) is 10.9. The Morgan fingerprint density at radius 3 is 3.08 bits per heavy atom. The average molecular weight is 177 g/mol. The third kappa shape index (κ3) is 1.32. The SMILES string of the molecule is Cc1coc2c(CON)cccc12. The lowest BCUT2D eigenvalue weighted by Gasteiger charge is -1.99. The second kappa shape index (κ2) is 3.20. The zero-order valence-electron chi connectivity index (χ0n) is 7.41. The number of rotatable bonds is 2. The predicted octanol–water partition coefficient (Wildman–Crippen LogP) is 2.13. The van der Waals surface area contributed by atoms with Crippen molar-refractivity contribution in [2.45, 2.75) is 13.5 Å². The molecular weight excluding hydrogens is 166 g/mol. The van der Waals surface area contributed by atoms with Crippen molar-refractivity contribution in [3.05, 3.63) is 35.6 Å². The summed E-state index contributed by atoms with van der Waals surface area (Å²) in [6.45, 7) is 2.39. The molecule has 0 aliphatic carbocycles. The molecule has 3 nitrogen and oxygen atoms in total. The Morgan fingerprint density at radius 1 is 1.46 bits per heavy atom. The van der Waals surface area contributed by atoms with Gasteiger partial charge in [0.25, 0.3) is 0 Å². The highest BCUT2D eigenvalue weighted by Crippen LogP contribution is 2.23. The van der Waals surface area contributed by atoms with Gasteiger partial charge in [-0.2, -0.15) is 0 Å². The lowest BCUT2D eigenvalue weighted by Crippen LogP contribution is -1.98. The molecule has 0 fully saturated rings. The number of hydrogen-bond acceptors (Lipinski definition) is 3. The molecule has 0 unspecified atom stereocenters. The summed E-state index contributed by atoms with van der Waals surface area (Å²) in [5.74, 6) is 5.02. The van der Waals surface area contributed by atoms with Crippen LogP contribution in [0, 0.1) is 6.92 Å². The first-order valence-corrected chi connectivity index (χ1v) is 4.10. The van der Waals surface area contributed by atoms with Crippen LogP contribution in [0.4, 0.5) is 0 Å². The van der Waals surface area contributed by atoms with Gasteiger partial charge in [-0.3, -0.25) is 4.84 Å². The number of furan rings is 1. The van der Waals surface area contributed by atoms with Crippen LogP contribution in [-0.2, 0) is 11.4 Å². The number of para-hydroxylation sites is 1. The van der Waals surface area contributed by atoms with E-state index in [2.05, 4.69) is 4.84 Å². The smallest absolute Gasteiger partial charge is 0.139 e. The zero-order chi connectivity index (χ0) is 9.26. The molecule has 0 saturated carbocycles. The topological polar surface area (TPSA) is 48.4 Å². The van der Waals surface area contributed by atoms with Gasteiger partial charge >= 0.3 is 0 Å². The Morgan fingerprint density at radius 2 is 2.31 bits per heavy atom. The molecule has 13 heavy (non-hydrogen) atoms. The monoisotopic (exact) mass is 177 g/mol. The standard InChI is InChI=1S/C10H11NO2/c1-7-5-12-10-8(6-13-11)3-2-4-9(7)10/h2-5H,6,11H2,1H3. The lowest BCUT2D eigenvalue weighted by atomic mass is 10.1. The Kier molecular flexibility index (Phi) is 2.04. The van der Waals surface area contributed by atoms with Crippen LogP contribution in [0.1, 0.15) is 11.1 Å². The van der Waals surface area contributed by atoms with Gasteiger partial charge in [0.2, 0.25) is 0 Å². The van der Waals surface area contributed by atoms with Gasteiger partial charge < -0.3 is 4.42 Å². The van der Waals surface area contributed by atoms with Crippen molar-refractivity contribution in [3.63, 3.8) is 0 Å². The summed E-state index contributed by atoms with van der Waals surface area (Å²) >= 11 is 0. The summed E-state index contributed by atoms with van der Waals surface area (Å²) in [4.78, 5) is 4.59. The maximum atomic E-state index is 5.40. The first-order valence-electron chi connectivity index (χ1n) is 4.10. The van der Waals surface area contributed by atoms with E-state index >= 15 is 0 Å². The van der Waals surface area contributed by atoms with Crippen molar-refractivity contribution in [1.82, 2.24) is 0 Å². The Labute approximate surface area is 76.0 Å². The van der Waals surface area contributed by atoms with Crippen LogP contribution < -0.4 is 5.90 Å². The van der Waals surface area contributed by atoms with E-state index in [0.29, 0.717) is 6.61 Å². The van der Waals surface area contributed by atoms with Crippen molar-refractivity contribution in [3.8, 4) is 0 Å². The molecule has 2 N–H and O–H groups in total. The molecule has 0 atom stereocenters. The summed E-state index contributed by atoms with van der Waals surface area (Å²) in [5.41, 5.74) is 2.98. The van der Waals surface area contributed by atoms with Crippen molar-refractivity contribution in [1.29, 1.82) is 0 Å². The van der Waals surface area contributed by atoms with E-state index in [0.717, 1.165) is 22.1 Å². The van der Waals surface area contributed by atoms with E-state index in [1.165, 1.54) is 0 Å². The molecule has 0 amide bonds. The largest absolute Gasteiger partial charge is 0.464 e. The van der Waals surface area contributed by atoms with E-state index in [1.807, 2.05) is 25.1 Å². The maximum Gasteiger partial charge on any atom is 0.139 e. The molecule has 0 bridgehead atoms. The Bertz CT molecular complexity index is 420. The van der Waals surface area contributed by atoms with Crippen LogP contribution in [0.25, 0.3) is 11.0 Å². The fraction of sp³-hybridized carbons (Fsp3) is 0.200. The highest BCUT2D eigenvalue weighted by molar-refractivity contribution is 5.83. The van der Waals surface area contributed by atoms with Crippen LogP contribution in [0.5, 0.6) is 0 Å². The van der Waals surface area contributed by atoms with Crippen LogP contribution >= 0.6 is 0 Å². The molecule has 1 heterocycles. The second-order valence-corrected chi connectivity index (χ2v) is 3.02. The minimum absolute atomic E-state index is 0.379. The summed E-state index contributed by atoms with van der Waals surface area (Å²) < 4.78 is 5.40. The summed E-state index contributed by atoms with van der Waals surface area (Å²) in [6, 6.07) is 5.94. The van der Waals surface area contributed by atoms with Gasteiger partial charge in [0.1, 0.15) is 5.58 Å². The number of nitrogens with two attached hydrogens (primary N) is 1. The molecule has 0 radical (unpaired) electrons. The van der Waals surface area contributed by atoms with Gasteiger partial charge in [-0.15, -0.1) is 0 Å². The van der Waals surface area contributed by atoms with Crippen LogP contribution in [-0.4, -0.2) is 0 Å². The molecule has 0 saturated heterocycles. The first kappa shape index (κ1) is 8.29. The lowest BCUT2D eigenvalue weighted by molar-refractivity contribution is 0.124. The number of hydrogen-bond donors (Lipinski definition) is 1. The van der Waals surface area contributed by atoms with Crippen molar-refractivity contribution in [2.75, 3.05) is 0 Å². The minimum atomic E-state index is 0.379. The van der Waals surface area contributed by atoms with Crippen molar-refractivity contribution in [2.24, 2.45) is 5.90 Å². The summed E-state index contributed by atoms with van der Waals surface area (Å²) in [7, 11) is 0. The van der Waals surface area contributed by atoms with Crippen LogP contribution in [0.15, 0.2) is 28.9 Å². The molecule has 0 aliphatic heterocycles. The second-order valence-electron chi connectivity index (χ2n) is 3.02. The molecule has 2 aromatic rings. The van der Waals surface area contributed by atoms with Crippen molar-refractivity contribution >= 4 is 11.0 Å². The van der Waals surface area contributed by atoms with E-state index in [-0.39, 0.29) is 0 Å². The van der Waals surface area contributed by atoms with E-state index in [9.17, 15) is 0 Å². The van der Waals surface area contributed by atoms with Gasteiger partial charge in [0, 0.05) is 10.9 Å². The number of aryl methyl sites for hydroxylation is 1. The highest BCUT2D eigenvalue weighted by Gasteiger charge is 2.05. The quantitative estimate of drug-likeness (QED) is 0.715. The number of benzene rings is 1. The third-order valence-corrected chi connectivity index (χ3v) is 2.11. The van der Waals surface area contributed by atoms with Gasteiger partial charge in [-0.25, -0.2) is 5.90 Å². The molecule has 2 rings (SSSR count). The van der Waals surface area contributed by atoms with Gasteiger partial charge in [0.15, 0.2) is 0 Å². The van der Waals surface area contributed by atoms with Crippen LogP contribution in [0.2, 0.25) is 0 Å². The Balaban J connectivity index is 2.63. The predicted molar refractivity (Wildman–Crippen MR) is 49.9 cm³/mol.